The number of hydrogen-bond donors (Lipinski definition) is 6. The molecule has 0 bridgehead atoms. The number of carbonyl (C=O) groups is 2. The molecule has 15 heteroatoms. The maximum Gasteiger partial charge on any atom is 0.483 e. The summed E-state index contributed by atoms with van der Waals surface area (Å²) in [6.07, 6.45) is -2.10. The van der Waals surface area contributed by atoms with Crippen molar-refractivity contribution in [2.24, 2.45) is 0 Å². The molecule has 0 aliphatic heterocycles. The van der Waals surface area contributed by atoms with Gasteiger partial charge in [-0.15, -0.1) is 0 Å². The predicted octanol–water partition coefficient (Wildman–Crippen LogP) is 0.469. The Hall–Kier alpha value is -0.880. The monoisotopic (exact) mass is 438 g/mol. The molecule has 0 aromatic rings. The molecule has 0 fully saturated rings. The first kappa shape index (κ1) is 26.1. The molecule has 6 N–H and O–H groups in total. The summed E-state index contributed by atoms with van der Waals surface area (Å²) in [4.78, 5) is 38.8. The van der Waals surface area contributed by atoms with Crippen molar-refractivity contribution in [2.45, 2.75) is 50.7 Å². The van der Waals surface area contributed by atoms with Crippen LogP contribution >= 0.6 is 15.6 Å². The highest BCUT2D eigenvalue weighted by Crippen LogP contribution is 2.61. The van der Waals surface area contributed by atoms with E-state index in [9.17, 15) is 28.9 Å². The topological polar surface area (TPSA) is 217 Å². The molecule has 2 unspecified atom stereocenters. The van der Waals surface area contributed by atoms with E-state index in [1.54, 1.807) is 0 Å². The Bertz CT molecular complexity index is 570. The van der Waals surface area contributed by atoms with Gasteiger partial charge in [0.15, 0.2) is 0 Å². The first-order valence-corrected chi connectivity index (χ1v) is 10.5. The number of hydrogen-bond acceptors (Lipinski definition) is 9. The number of aliphatic carboxylic acids is 2. The average molecular weight is 438 g/mol. The number of aliphatic hydroxyl groups is 2. The summed E-state index contributed by atoms with van der Waals surface area (Å²) in [5, 5.41) is 36.9. The molecule has 0 amide bonds. The van der Waals surface area contributed by atoms with Crippen LogP contribution in [-0.2, 0) is 32.1 Å². The fourth-order valence-electron chi connectivity index (χ4n) is 1.80. The van der Waals surface area contributed by atoms with Gasteiger partial charge in [-0.25, -0.2) is 9.13 Å². The van der Waals surface area contributed by atoms with E-state index in [1.807, 2.05) is 0 Å². The zero-order valence-electron chi connectivity index (χ0n) is 14.7. The maximum atomic E-state index is 12.3. The van der Waals surface area contributed by atoms with Gasteiger partial charge in [-0.05, 0) is 13.8 Å². The number of phosphoric ester groups is 1. The molecule has 0 rings (SSSR count). The van der Waals surface area contributed by atoms with Crippen molar-refractivity contribution >= 4 is 27.6 Å². The second kappa shape index (κ2) is 10.1. The smallest absolute Gasteiger partial charge is 0.481 e. The highest BCUT2D eigenvalue weighted by atomic mass is 31.3. The highest BCUT2D eigenvalue weighted by Gasteiger charge is 2.38. The number of phosphoric acid groups is 2. The van der Waals surface area contributed by atoms with Gasteiger partial charge < -0.3 is 30.2 Å². The quantitative estimate of drug-likeness (QED) is 0.203. The standard InChI is InChI=1S/C12H24O13P2/c1-11(17,7-9(13)14)3-5-23-27(22,25-26(19,20)21)24-6-4-12(2,18)8-10(15)16/h17-18H,3-8H2,1-2H3,(H,13,14)(H,15,16)(H2,19,20,21). The summed E-state index contributed by atoms with van der Waals surface area (Å²) in [7, 11) is -10.2. The third kappa shape index (κ3) is 13.9. The van der Waals surface area contributed by atoms with Crippen LogP contribution in [0, 0.1) is 0 Å². The van der Waals surface area contributed by atoms with E-state index in [4.69, 9.17) is 20.0 Å². The normalized spacial score (nSPS) is 18.9. The third-order valence-electron chi connectivity index (χ3n) is 3.05. The van der Waals surface area contributed by atoms with Crippen molar-refractivity contribution in [2.75, 3.05) is 13.2 Å². The van der Waals surface area contributed by atoms with Gasteiger partial charge in [0, 0.05) is 12.8 Å². The Morgan fingerprint density at radius 1 is 0.852 bits per heavy atom. The lowest BCUT2D eigenvalue weighted by Crippen LogP contribution is -2.30. The average Bonchev–Trinajstić information content (AvgIpc) is 2.31. The summed E-state index contributed by atoms with van der Waals surface area (Å²) < 4.78 is 36.6. The van der Waals surface area contributed by atoms with Crippen LogP contribution in [0.25, 0.3) is 0 Å². The Morgan fingerprint density at radius 2 is 1.19 bits per heavy atom. The van der Waals surface area contributed by atoms with E-state index in [1.165, 1.54) is 0 Å². The lowest BCUT2D eigenvalue weighted by Gasteiger charge is -2.24. The molecular weight excluding hydrogens is 414 g/mol. The van der Waals surface area contributed by atoms with Crippen LogP contribution in [0.5, 0.6) is 0 Å². The molecule has 0 saturated carbocycles. The molecule has 0 heterocycles. The zero-order chi connectivity index (χ0) is 21.5. The van der Waals surface area contributed by atoms with Crippen molar-refractivity contribution < 1.29 is 62.3 Å². The second-order valence-electron chi connectivity index (χ2n) is 6.32. The van der Waals surface area contributed by atoms with Gasteiger partial charge in [0.25, 0.3) is 0 Å². The molecule has 0 spiro atoms. The van der Waals surface area contributed by atoms with E-state index in [0.717, 1.165) is 13.8 Å². The largest absolute Gasteiger partial charge is 0.483 e. The van der Waals surface area contributed by atoms with Crippen LogP contribution < -0.4 is 0 Å². The van der Waals surface area contributed by atoms with Crippen molar-refractivity contribution in [1.29, 1.82) is 0 Å². The fourth-order valence-corrected chi connectivity index (χ4v) is 3.92. The first-order valence-electron chi connectivity index (χ1n) is 7.50. The Kier molecular flexibility index (Phi) is 9.73. The number of rotatable bonds is 14. The Morgan fingerprint density at radius 3 is 1.44 bits per heavy atom. The summed E-state index contributed by atoms with van der Waals surface area (Å²) in [6.45, 7) is 1.04. The van der Waals surface area contributed by atoms with E-state index in [2.05, 4.69) is 13.4 Å². The minimum atomic E-state index is -5.32. The summed E-state index contributed by atoms with van der Waals surface area (Å²) in [5.74, 6) is -2.63. The third-order valence-corrected chi connectivity index (χ3v) is 5.70. The van der Waals surface area contributed by atoms with Gasteiger partial charge in [0.1, 0.15) is 0 Å². The summed E-state index contributed by atoms with van der Waals surface area (Å²) in [5.41, 5.74) is -3.52. The minimum Gasteiger partial charge on any atom is -0.481 e. The molecule has 0 aliphatic rings. The van der Waals surface area contributed by atoms with Crippen molar-refractivity contribution in [3.63, 3.8) is 0 Å². The first-order chi connectivity index (χ1) is 12.0. The molecule has 27 heavy (non-hydrogen) atoms. The fraction of sp³-hybridized carbons (Fsp3) is 0.833. The van der Waals surface area contributed by atoms with E-state index in [0.29, 0.717) is 0 Å². The molecule has 0 saturated heterocycles. The lowest BCUT2D eigenvalue weighted by atomic mass is 9.99. The van der Waals surface area contributed by atoms with Gasteiger partial charge in [-0.3, -0.25) is 18.6 Å². The second-order valence-corrected chi connectivity index (χ2v) is 9.37. The Labute approximate surface area is 154 Å². The van der Waals surface area contributed by atoms with E-state index in [-0.39, 0.29) is 12.8 Å². The van der Waals surface area contributed by atoms with Gasteiger partial charge in [-0.1, -0.05) is 0 Å². The van der Waals surface area contributed by atoms with Gasteiger partial charge >= 0.3 is 27.6 Å². The molecule has 2 atom stereocenters. The maximum absolute atomic E-state index is 12.3. The molecule has 0 aromatic heterocycles. The molecule has 0 aromatic carbocycles. The molecule has 160 valence electrons. The van der Waals surface area contributed by atoms with Crippen molar-refractivity contribution in [1.82, 2.24) is 0 Å². The highest BCUT2D eigenvalue weighted by molar-refractivity contribution is 7.61. The van der Waals surface area contributed by atoms with Crippen LogP contribution in [0.3, 0.4) is 0 Å². The van der Waals surface area contributed by atoms with Crippen LogP contribution in [0.4, 0.5) is 0 Å². The van der Waals surface area contributed by atoms with Gasteiger partial charge in [0.2, 0.25) is 0 Å². The van der Waals surface area contributed by atoms with Crippen LogP contribution in [0.15, 0.2) is 0 Å². The summed E-state index contributed by atoms with van der Waals surface area (Å²) in [6, 6.07) is 0. The minimum absolute atomic E-state index is 0.381. The van der Waals surface area contributed by atoms with Gasteiger partial charge in [0.05, 0.1) is 37.3 Å². The molecule has 13 nitrogen and oxygen atoms in total. The van der Waals surface area contributed by atoms with Crippen LogP contribution in [-0.4, -0.2) is 66.6 Å². The molecule has 0 radical (unpaired) electrons. The SMILES string of the molecule is CC(O)(CCOP(=O)(OCCC(C)(O)CC(=O)O)OP(=O)(O)O)CC(=O)O. The van der Waals surface area contributed by atoms with Crippen molar-refractivity contribution in [3.8, 4) is 0 Å². The Balaban J connectivity index is 4.87. The van der Waals surface area contributed by atoms with E-state index < -0.39 is 64.8 Å². The van der Waals surface area contributed by atoms with E-state index >= 15 is 0 Å². The number of carboxylic acids is 2. The van der Waals surface area contributed by atoms with Crippen LogP contribution in [0.2, 0.25) is 0 Å². The van der Waals surface area contributed by atoms with Crippen molar-refractivity contribution in [3.05, 3.63) is 0 Å². The zero-order valence-corrected chi connectivity index (χ0v) is 16.5. The molecule has 0 aliphatic carbocycles. The number of carboxylic acid groups (broad SMARTS) is 2. The van der Waals surface area contributed by atoms with Gasteiger partial charge in [-0.2, -0.15) is 4.31 Å². The molecular formula is C12H24O13P2. The van der Waals surface area contributed by atoms with Crippen LogP contribution in [0.1, 0.15) is 39.5 Å². The lowest BCUT2D eigenvalue weighted by molar-refractivity contribution is -0.143. The summed E-state index contributed by atoms with van der Waals surface area (Å²) >= 11 is 0. The predicted molar refractivity (Wildman–Crippen MR) is 87.6 cm³/mol.